The first-order chi connectivity index (χ1) is 7.44. The molecule has 4 nitrogen and oxygen atoms in total. The van der Waals surface area contributed by atoms with Crippen molar-refractivity contribution in [3.63, 3.8) is 0 Å². The van der Waals surface area contributed by atoms with E-state index in [9.17, 15) is 4.79 Å². The van der Waals surface area contributed by atoms with Crippen molar-refractivity contribution in [1.29, 1.82) is 0 Å². The topological polar surface area (TPSA) is 41.9 Å². The summed E-state index contributed by atoms with van der Waals surface area (Å²) in [6.45, 7) is 9.18. The minimum atomic E-state index is -0.424. The molecular weight excluding hydrogens is 204 g/mol. The molecule has 0 N–H and O–H groups in total. The number of likely N-dealkylation sites (tertiary alicyclic amines) is 1. The van der Waals surface area contributed by atoms with Crippen LogP contribution < -0.4 is 0 Å². The monoisotopic (exact) mass is 226 g/mol. The molecule has 0 aromatic carbocycles. The number of hydrogen-bond acceptors (Lipinski definition) is 3. The second-order valence-electron chi connectivity index (χ2n) is 5.03. The van der Waals surface area contributed by atoms with Crippen LogP contribution in [0.2, 0.25) is 0 Å². The fourth-order valence-corrected chi connectivity index (χ4v) is 1.72. The van der Waals surface area contributed by atoms with Gasteiger partial charge in [0.2, 0.25) is 0 Å². The van der Waals surface area contributed by atoms with Crippen LogP contribution >= 0.6 is 0 Å². The first-order valence-electron chi connectivity index (χ1n) is 5.93. The molecule has 1 amide bonds. The summed E-state index contributed by atoms with van der Waals surface area (Å²) >= 11 is 0. The Morgan fingerprint density at radius 3 is 2.81 bits per heavy atom. The lowest BCUT2D eigenvalue weighted by molar-refractivity contribution is 0.0268. The summed E-state index contributed by atoms with van der Waals surface area (Å²) < 4.78 is 5.36. The summed E-state index contributed by atoms with van der Waals surface area (Å²) in [4.78, 5) is 17.9. The van der Waals surface area contributed by atoms with Gasteiger partial charge in [0.1, 0.15) is 5.60 Å². The van der Waals surface area contributed by atoms with Crippen LogP contribution in [0.4, 0.5) is 4.79 Å². The van der Waals surface area contributed by atoms with E-state index in [1.54, 1.807) is 4.90 Å². The van der Waals surface area contributed by atoms with Gasteiger partial charge in [-0.3, -0.25) is 4.99 Å². The Morgan fingerprint density at radius 1 is 1.56 bits per heavy atom. The van der Waals surface area contributed by atoms with Crippen LogP contribution in [0.15, 0.2) is 4.99 Å². The minimum Gasteiger partial charge on any atom is -0.444 e. The summed E-state index contributed by atoms with van der Waals surface area (Å²) in [5, 5.41) is 0. The van der Waals surface area contributed by atoms with E-state index in [0.717, 1.165) is 25.9 Å². The third-order valence-corrected chi connectivity index (χ3v) is 2.39. The van der Waals surface area contributed by atoms with Gasteiger partial charge in [-0.15, -0.1) is 0 Å². The maximum absolute atomic E-state index is 11.9. The molecule has 1 atom stereocenters. The summed E-state index contributed by atoms with van der Waals surface area (Å²) in [7, 11) is 0. The van der Waals surface area contributed by atoms with Gasteiger partial charge in [0.15, 0.2) is 0 Å². The summed E-state index contributed by atoms with van der Waals surface area (Å²) in [5.41, 5.74) is -0.424. The number of rotatable bonds is 2. The average Bonchev–Trinajstić information content (AvgIpc) is 2.59. The summed E-state index contributed by atoms with van der Waals surface area (Å²) in [5.74, 6) is 0. The average molecular weight is 226 g/mol. The lowest BCUT2D eigenvalue weighted by Gasteiger charge is -2.26. The molecule has 0 aromatic heterocycles. The molecule has 0 spiro atoms. The number of aliphatic imine (C=N–C) groups is 1. The summed E-state index contributed by atoms with van der Waals surface area (Å²) in [6.07, 6.45) is 3.66. The largest absolute Gasteiger partial charge is 0.444 e. The molecule has 4 heteroatoms. The fourth-order valence-electron chi connectivity index (χ4n) is 1.72. The van der Waals surface area contributed by atoms with E-state index in [2.05, 4.69) is 4.99 Å². The highest BCUT2D eigenvalue weighted by molar-refractivity contribution is 5.76. The Balaban J connectivity index is 2.57. The highest BCUT2D eigenvalue weighted by atomic mass is 16.6. The second-order valence-corrected chi connectivity index (χ2v) is 5.03. The third-order valence-electron chi connectivity index (χ3n) is 2.39. The van der Waals surface area contributed by atoms with E-state index in [1.807, 2.05) is 33.9 Å². The van der Waals surface area contributed by atoms with E-state index >= 15 is 0 Å². The van der Waals surface area contributed by atoms with Gasteiger partial charge in [0.05, 0.1) is 6.04 Å². The van der Waals surface area contributed by atoms with Crippen molar-refractivity contribution in [2.24, 2.45) is 4.99 Å². The molecule has 1 rings (SSSR count). The van der Waals surface area contributed by atoms with E-state index in [0.29, 0.717) is 0 Å². The van der Waals surface area contributed by atoms with Crippen LogP contribution in [0.25, 0.3) is 0 Å². The van der Waals surface area contributed by atoms with E-state index in [-0.39, 0.29) is 12.1 Å². The maximum Gasteiger partial charge on any atom is 0.410 e. The van der Waals surface area contributed by atoms with Gasteiger partial charge in [-0.1, -0.05) is 0 Å². The van der Waals surface area contributed by atoms with Crippen LogP contribution in [0.1, 0.15) is 40.5 Å². The molecule has 1 aliphatic heterocycles. The Kier molecular flexibility index (Phi) is 4.33. The van der Waals surface area contributed by atoms with E-state index < -0.39 is 5.60 Å². The van der Waals surface area contributed by atoms with Crippen LogP contribution in [-0.4, -0.2) is 41.9 Å². The number of ether oxygens (including phenoxy) is 1. The lowest BCUT2D eigenvalue weighted by Crippen LogP contribution is -2.40. The summed E-state index contributed by atoms with van der Waals surface area (Å²) in [6, 6.07) is 0.120. The van der Waals surface area contributed by atoms with E-state index in [4.69, 9.17) is 4.74 Å². The van der Waals surface area contributed by atoms with E-state index in [1.165, 1.54) is 0 Å². The van der Waals surface area contributed by atoms with Crippen LogP contribution in [0.3, 0.4) is 0 Å². The molecule has 0 saturated carbocycles. The van der Waals surface area contributed by atoms with Crippen molar-refractivity contribution in [3.05, 3.63) is 0 Å². The molecule has 0 aliphatic carbocycles. The number of nitrogens with zero attached hydrogens (tertiary/aromatic N) is 2. The molecular formula is C12H22N2O2. The Labute approximate surface area is 97.7 Å². The number of amides is 1. The van der Waals surface area contributed by atoms with Crippen LogP contribution in [-0.2, 0) is 4.74 Å². The number of hydrogen-bond donors (Lipinski definition) is 0. The zero-order chi connectivity index (χ0) is 12.2. The molecule has 1 heterocycles. The Hall–Kier alpha value is -1.06. The Bertz CT molecular complexity index is 269. The molecule has 0 radical (unpaired) electrons. The molecule has 1 unspecified atom stereocenters. The molecule has 92 valence electrons. The second kappa shape index (κ2) is 5.32. The van der Waals surface area contributed by atoms with Crippen molar-refractivity contribution < 1.29 is 9.53 Å². The predicted molar refractivity (Wildman–Crippen MR) is 65.0 cm³/mol. The molecule has 16 heavy (non-hydrogen) atoms. The highest BCUT2D eigenvalue weighted by Crippen LogP contribution is 2.19. The number of carbonyl (C=O) groups is 1. The van der Waals surface area contributed by atoms with Crippen molar-refractivity contribution in [2.75, 3.05) is 13.1 Å². The van der Waals surface area contributed by atoms with Crippen molar-refractivity contribution in [2.45, 2.75) is 52.2 Å². The van der Waals surface area contributed by atoms with Crippen molar-refractivity contribution in [3.8, 4) is 0 Å². The highest BCUT2D eigenvalue weighted by Gasteiger charge is 2.30. The lowest BCUT2D eigenvalue weighted by atomic mass is 10.2. The first-order valence-corrected chi connectivity index (χ1v) is 5.93. The van der Waals surface area contributed by atoms with Crippen LogP contribution in [0.5, 0.6) is 0 Å². The van der Waals surface area contributed by atoms with Gasteiger partial charge >= 0.3 is 6.09 Å². The number of carbonyl (C=O) groups excluding carboxylic acids is 1. The van der Waals surface area contributed by atoms with Gasteiger partial charge in [-0.05, 0) is 40.5 Å². The van der Waals surface area contributed by atoms with Gasteiger partial charge in [-0.25, -0.2) is 4.79 Å². The van der Waals surface area contributed by atoms with Gasteiger partial charge in [0, 0.05) is 19.3 Å². The predicted octanol–water partition coefficient (Wildman–Crippen LogP) is 2.48. The van der Waals surface area contributed by atoms with Crippen molar-refractivity contribution in [1.82, 2.24) is 4.90 Å². The van der Waals surface area contributed by atoms with Gasteiger partial charge < -0.3 is 9.64 Å². The standard InChI is InChI=1S/C12H22N2O2/c1-5-13-9-10-7-6-8-14(10)11(15)16-12(2,3)4/h9-10H,5-8H2,1-4H3/b13-9+. The fraction of sp³-hybridized carbons (Fsp3) is 0.833. The van der Waals surface area contributed by atoms with Crippen LogP contribution in [0, 0.1) is 0 Å². The first kappa shape index (κ1) is 13.0. The van der Waals surface area contributed by atoms with Crippen molar-refractivity contribution >= 4 is 12.3 Å². The van der Waals surface area contributed by atoms with Gasteiger partial charge in [0.25, 0.3) is 0 Å². The third kappa shape index (κ3) is 3.83. The molecule has 1 aliphatic rings. The zero-order valence-corrected chi connectivity index (χ0v) is 10.7. The normalized spacial score (nSPS) is 21.8. The maximum atomic E-state index is 11.9. The molecule has 0 bridgehead atoms. The smallest absolute Gasteiger partial charge is 0.410 e. The molecule has 1 fully saturated rings. The quantitative estimate of drug-likeness (QED) is 0.679. The SMILES string of the molecule is CC/N=C/C1CCCN1C(=O)OC(C)(C)C. The zero-order valence-electron chi connectivity index (χ0n) is 10.7. The Morgan fingerprint density at radius 2 is 2.25 bits per heavy atom. The molecule has 1 saturated heterocycles. The minimum absolute atomic E-state index is 0.120. The molecule has 0 aromatic rings. The van der Waals surface area contributed by atoms with Gasteiger partial charge in [-0.2, -0.15) is 0 Å².